The predicted octanol–water partition coefficient (Wildman–Crippen LogP) is 1.18. The number of phenols is 1. The lowest BCUT2D eigenvalue weighted by Crippen LogP contribution is -2.73. The molecule has 0 bridgehead atoms. The number of Topliss-reactive ketones (excluding diaryl/α,β-unsaturated/α-hetero) is 1. The highest BCUT2D eigenvalue weighted by atomic mass is 16.5. The van der Waals surface area contributed by atoms with Crippen molar-refractivity contribution in [3.05, 3.63) is 23.3 Å². The third-order valence-corrected chi connectivity index (χ3v) is 5.98. The van der Waals surface area contributed by atoms with Gasteiger partial charge in [0, 0.05) is 18.0 Å². The van der Waals surface area contributed by atoms with E-state index in [0.717, 1.165) is 11.1 Å². The van der Waals surface area contributed by atoms with E-state index in [0.29, 0.717) is 31.6 Å². The lowest BCUT2D eigenvalue weighted by Gasteiger charge is -2.56. The minimum Gasteiger partial charge on any atom is -0.504 e. The van der Waals surface area contributed by atoms with Gasteiger partial charge in [0.1, 0.15) is 0 Å². The van der Waals surface area contributed by atoms with Gasteiger partial charge in [-0.1, -0.05) is 6.07 Å². The molecule has 2 aliphatic heterocycles. The van der Waals surface area contributed by atoms with Gasteiger partial charge in [0.2, 0.25) is 0 Å². The number of fused-ring (bicyclic) bond motifs is 1. The van der Waals surface area contributed by atoms with Crippen molar-refractivity contribution in [2.75, 3.05) is 6.54 Å². The van der Waals surface area contributed by atoms with E-state index in [1.165, 1.54) is 0 Å². The Bertz CT molecular complexity index is 673. The Hall–Kier alpha value is -1.59. The number of ketones is 1. The van der Waals surface area contributed by atoms with Crippen molar-refractivity contribution in [2.24, 2.45) is 0 Å². The molecule has 1 saturated heterocycles. The lowest BCUT2D eigenvalue weighted by molar-refractivity contribution is -0.162. The number of aliphatic hydroxyl groups is 1. The van der Waals surface area contributed by atoms with E-state index in [4.69, 9.17) is 4.74 Å². The van der Waals surface area contributed by atoms with Crippen LogP contribution < -0.4 is 10.1 Å². The summed E-state index contributed by atoms with van der Waals surface area (Å²) in [6.07, 6.45) is 0.663. The first-order valence-corrected chi connectivity index (χ1v) is 7.90. The summed E-state index contributed by atoms with van der Waals surface area (Å²) in [5.41, 5.74) is -0.0300. The molecule has 1 spiro atoms. The maximum absolute atomic E-state index is 12.5. The van der Waals surface area contributed by atoms with Gasteiger partial charge >= 0.3 is 0 Å². The van der Waals surface area contributed by atoms with Crippen molar-refractivity contribution in [3.8, 4) is 11.5 Å². The van der Waals surface area contributed by atoms with Crippen molar-refractivity contribution < 1.29 is 19.7 Å². The summed E-state index contributed by atoms with van der Waals surface area (Å²) < 4.78 is 5.92. The fourth-order valence-corrected chi connectivity index (χ4v) is 4.88. The molecule has 1 aromatic rings. The van der Waals surface area contributed by atoms with Gasteiger partial charge in [-0.25, -0.2) is 0 Å². The van der Waals surface area contributed by atoms with E-state index in [2.05, 4.69) is 5.32 Å². The molecule has 5 heteroatoms. The molecule has 3 N–H and O–H groups in total. The Labute approximate surface area is 129 Å². The van der Waals surface area contributed by atoms with E-state index in [-0.39, 0.29) is 17.6 Å². The topological polar surface area (TPSA) is 78.8 Å². The molecule has 4 rings (SSSR count). The van der Waals surface area contributed by atoms with Gasteiger partial charge in [-0.15, -0.1) is 0 Å². The molecule has 2 fully saturated rings. The number of ether oxygens (including phenoxy) is 1. The highest BCUT2D eigenvalue weighted by molar-refractivity contribution is 5.89. The molecule has 5 nitrogen and oxygen atoms in total. The van der Waals surface area contributed by atoms with Crippen LogP contribution in [0.5, 0.6) is 11.5 Å². The number of piperidine rings is 1. The summed E-state index contributed by atoms with van der Waals surface area (Å²) >= 11 is 0. The molecule has 22 heavy (non-hydrogen) atoms. The smallest absolute Gasteiger partial charge is 0.174 e. The number of rotatable bonds is 0. The van der Waals surface area contributed by atoms with Crippen LogP contribution in [0.1, 0.15) is 37.3 Å². The summed E-state index contributed by atoms with van der Waals surface area (Å²) in [4.78, 5) is 12.5. The van der Waals surface area contributed by atoms with E-state index in [1.807, 2.05) is 19.9 Å². The van der Waals surface area contributed by atoms with Crippen LogP contribution in [0.15, 0.2) is 12.1 Å². The van der Waals surface area contributed by atoms with Crippen molar-refractivity contribution >= 4 is 5.78 Å². The number of carbonyl (C=O) groups is 1. The van der Waals surface area contributed by atoms with E-state index < -0.39 is 17.1 Å². The maximum atomic E-state index is 12.5. The largest absolute Gasteiger partial charge is 0.504 e. The Morgan fingerprint density at radius 3 is 2.91 bits per heavy atom. The van der Waals surface area contributed by atoms with Crippen molar-refractivity contribution in [1.82, 2.24) is 5.32 Å². The van der Waals surface area contributed by atoms with Gasteiger partial charge in [0.15, 0.2) is 23.4 Å². The van der Waals surface area contributed by atoms with Crippen LogP contribution in [0.3, 0.4) is 0 Å². The van der Waals surface area contributed by atoms with Crippen molar-refractivity contribution in [3.63, 3.8) is 0 Å². The molecule has 1 aliphatic carbocycles. The monoisotopic (exact) mass is 303 g/mol. The Kier molecular flexibility index (Phi) is 2.70. The fraction of sp³-hybridized carbons (Fsp3) is 0.588. The second kappa shape index (κ2) is 4.24. The molecular weight excluding hydrogens is 282 g/mol. The third-order valence-electron chi connectivity index (χ3n) is 5.98. The third kappa shape index (κ3) is 1.39. The SMILES string of the molecule is Cc1ccc(O)c2c1C13CCNC(C)C1(O)CCC(=O)[C@@H]3O2. The minimum absolute atomic E-state index is 0.0220. The summed E-state index contributed by atoms with van der Waals surface area (Å²) in [5, 5.41) is 25.0. The van der Waals surface area contributed by atoms with Crippen LogP contribution in [0.4, 0.5) is 0 Å². The summed E-state index contributed by atoms with van der Waals surface area (Å²) in [6, 6.07) is 3.30. The molecule has 0 radical (unpaired) electrons. The summed E-state index contributed by atoms with van der Waals surface area (Å²) in [6.45, 7) is 4.63. The molecule has 0 amide bonds. The van der Waals surface area contributed by atoms with Crippen LogP contribution in [0, 0.1) is 6.92 Å². The maximum Gasteiger partial charge on any atom is 0.174 e. The van der Waals surface area contributed by atoms with Crippen LogP contribution in [-0.4, -0.2) is 40.3 Å². The normalized spacial score (nSPS) is 39.7. The average Bonchev–Trinajstić information content (AvgIpc) is 2.85. The first-order chi connectivity index (χ1) is 10.4. The zero-order chi connectivity index (χ0) is 15.7. The highest BCUT2D eigenvalue weighted by Crippen LogP contribution is 2.60. The van der Waals surface area contributed by atoms with Crippen LogP contribution in [0.2, 0.25) is 0 Å². The quantitative estimate of drug-likeness (QED) is 0.671. The molecule has 1 saturated carbocycles. The molecule has 2 heterocycles. The molecule has 1 aromatic carbocycles. The average molecular weight is 303 g/mol. The fourth-order valence-electron chi connectivity index (χ4n) is 4.88. The number of aromatic hydroxyl groups is 1. The van der Waals surface area contributed by atoms with Gasteiger partial charge in [0.05, 0.1) is 11.0 Å². The molecule has 3 unspecified atom stereocenters. The van der Waals surface area contributed by atoms with Crippen LogP contribution in [-0.2, 0) is 10.2 Å². The lowest BCUT2D eigenvalue weighted by atomic mass is 9.53. The van der Waals surface area contributed by atoms with Gasteiger partial charge in [-0.2, -0.15) is 0 Å². The first-order valence-electron chi connectivity index (χ1n) is 7.90. The number of hydrogen-bond acceptors (Lipinski definition) is 5. The molecular formula is C17H21NO4. The van der Waals surface area contributed by atoms with Crippen molar-refractivity contribution in [2.45, 2.75) is 56.3 Å². The Balaban J connectivity index is 2.04. The number of aryl methyl sites for hydroxylation is 1. The number of benzene rings is 1. The number of hydrogen-bond donors (Lipinski definition) is 3. The number of carbonyl (C=O) groups excluding carboxylic acids is 1. The Morgan fingerprint density at radius 1 is 1.36 bits per heavy atom. The molecule has 118 valence electrons. The van der Waals surface area contributed by atoms with E-state index in [1.54, 1.807) is 6.07 Å². The predicted molar refractivity (Wildman–Crippen MR) is 80.2 cm³/mol. The number of phenolic OH excluding ortho intramolecular Hbond substituents is 1. The van der Waals surface area contributed by atoms with Gasteiger partial charge < -0.3 is 20.3 Å². The van der Waals surface area contributed by atoms with Gasteiger partial charge in [-0.3, -0.25) is 4.79 Å². The minimum atomic E-state index is -1.05. The standard InChI is InChI=1S/C17H21NO4/c1-9-3-4-11(19)14-13(9)16-7-8-18-10(2)17(16,21)6-5-12(20)15(16)22-14/h3-4,10,15,18-19,21H,5-8H2,1-2H3/t10?,15-,16?,17?/m0/s1. The molecule has 0 aromatic heterocycles. The summed E-state index contributed by atoms with van der Waals surface area (Å²) in [5.74, 6) is 0.451. The zero-order valence-corrected chi connectivity index (χ0v) is 12.8. The van der Waals surface area contributed by atoms with E-state index >= 15 is 0 Å². The second-order valence-electron chi connectivity index (χ2n) is 6.89. The summed E-state index contributed by atoms with van der Waals surface area (Å²) in [7, 11) is 0. The molecule has 4 atom stereocenters. The second-order valence-corrected chi connectivity index (χ2v) is 6.89. The first kappa shape index (κ1) is 14.0. The van der Waals surface area contributed by atoms with Crippen molar-refractivity contribution in [1.29, 1.82) is 0 Å². The Morgan fingerprint density at radius 2 is 2.14 bits per heavy atom. The van der Waals surface area contributed by atoms with Gasteiger partial charge in [0.25, 0.3) is 0 Å². The van der Waals surface area contributed by atoms with Crippen LogP contribution in [0.25, 0.3) is 0 Å². The van der Waals surface area contributed by atoms with Gasteiger partial charge in [-0.05, 0) is 44.9 Å². The highest BCUT2D eigenvalue weighted by Gasteiger charge is 2.69. The van der Waals surface area contributed by atoms with Crippen LogP contribution >= 0.6 is 0 Å². The number of nitrogens with one attached hydrogen (secondary N) is 1. The van der Waals surface area contributed by atoms with E-state index in [9.17, 15) is 15.0 Å². The molecule has 3 aliphatic rings. The zero-order valence-electron chi connectivity index (χ0n) is 12.8.